The average Bonchev–Trinajstić information content (AvgIpc) is 2.84. The van der Waals surface area contributed by atoms with Crippen LogP contribution in [0, 0.1) is 5.92 Å². The van der Waals surface area contributed by atoms with Crippen molar-refractivity contribution in [3.05, 3.63) is 28.7 Å². The molecule has 2 rings (SSSR count). The van der Waals surface area contributed by atoms with Crippen LogP contribution in [0.3, 0.4) is 0 Å². The van der Waals surface area contributed by atoms with Crippen LogP contribution in [0.15, 0.2) is 33.6 Å². The summed E-state index contributed by atoms with van der Waals surface area (Å²) in [5.74, 6) is -1.75. The van der Waals surface area contributed by atoms with Crippen molar-refractivity contribution >= 4 is 37.8 Å². The number of nitrogens with one attached hydrogen (secondary N) is 1. The van der Waals surface area contributed by atoms with E-state index in [0.29, 0.717) is 23.9 Å². The van der Waals surface area contributed by atoms with E-state index < -0.39 is 39.9 Å². The van der Waals surface area contributed by atoms with Crippen LogP contribution in [0.25, 0.3) is 0 Å². The Morgan fingerprint density at radius 2 is 2.00 bits per heavy atom. The van der Waals surface area contributed by atoms with Crippen molar-refractivity contribution in [3.63, 3.8) is 0 Å². The molecule has 1 aromatic rings. The third-order valence-corrected chi connectivity index (χ3v) is 7.23. The van der Waals surface area contributed by atoms with Crippen molar-refractivity contribution in [2.75, 3.05) is 13.1 Å². The van der Waals surface area contributed by atoms with Crippen LogP contribution in [0.2, 0.25) is 0 Å². The van der Waals surface area contributed by atoms with Gasteiger partial charge in [-0.05, 0) is 50.1 Å². The molecule has 2 unspecified atom stereocenters. The first-order chi connectivity index (χ1) is 13.1. The number of benzene rings is 1. The largest absolute Gasteiger partial charge is 0.390 e. The van der Waals surface area contributed by atoms with Crippen molar-refractivity contribution < 1.29 is 23.1 Å². The van der Waals surface area contributed by atoms with Gasteiger partial charge in [-0.1, -0.05) is 22.9 Å². The van der Waals surface area contributed by atoms with Crippen molar-refractivity contribution in [2.45, 2.75) is 49.6 Å². The summed E-state index contributed by atoms with van der Waals surface area (Å²) in [6.45, 7) is 2.42. The smallest absolute Gasteiger partial charge is 0.266 e. The predicted octanol–water partition coefficient (Wildman–Crippen LogP) is 0.981. The molecule has 0 bridgehead atoms. The Hall–Kier alpha value is -1.49. The maximum atomic E-state index is 13.3. The molecule has 0 aromatic heterocycles. The van der Waals surface area contributed by atoms with E-state index in [1.54, 1.807) is 19.1 Å². The van der Waals surface area contributed by atoms with E-state index >= 15 is 0 Å². The lowest BCUT2D eigenvalue weighted by Crippen LogP contribution is -2.51. The van der Waals surface area contributed by atoms with Gasteiger partial charge in [0.2, 0.25) is 11.8 Å². The topological polar surface area (TPSA) is 130 Å². The van der Waals surface area contributed by atoms with E-state index in [2.05, 4.69) is 21.2 Å². The number of halogens is 1. The zero-order valence-corrected chi connectivity index (χ0v) is 18.1. The van der Waals surface area contributed by atoms with Gasteiger partial charge >= 0.3 is 0 Å². The second-order valence-electron chi connectivity index (χ2n) is 6.97. The van der Waals surface area contributed by atoms with Crippen LogP contribution >= 0.6 is 15.9 Å². The maximum Gasteiger partial charge on any atom is 0.266 e. The minimum absolute atomic E-state index is 0.0311. The minimum atomic E-state index is -4.17. The number of rotatable bonds is 7. The SMILES string of the molecule is CC(CCC(=O)N(C1CCCNC[C@@H]1O)S(=O)(=O)c1ccc(Br)cc1)C(N)=O. The third-order valence-electron chi connectivity index (χ3n) is 4.85. The van der Waals surface area contributed by atoms with Crippen molar-refractivity contribution in [3.8, 4) is 0 Å². The van der Waals surface area contributed by atoms with Gasteiger partial charge in [-0.25, -0.2) is 12.7 Å². The van der Waals surface area contributed by atoms with E-state index in [-0.39, 0.29) is 24.3 Å². The third kappa shape index (κ3) is 5.53. The summed E-state index contributed by atoms with van der Waals surface area (Å²) >= 11 is 3.26. The lowest BCUT2D eigenvalue weighted by Gasteiger charge is -2.33. The highest BCUT2D eigenvalue weighted by atomic mass is 79.9. The molecule has 28 heavy (non-hydrogen) atoms. The Morgan fingerprint density at radius 3 is 2.61 bits per heavy atom. The quantitative estimate of drug-likeness (QED) is 0.538. The molecule has 2 amide bonds. The number of hydrogen-bond donors (Lipinski definition) is 3. The lowest BCUT2D eigenvalue weighted by molar-refractivity contribution is -0.130. The summed E-state index contributed by atoms with van der Waals surface area (Å²) in [5.41, 5.74) is 5.24. The van der Waals surface area contributed by atoms with Gasteiger partial charge in [-0.15, -0.1) is 0 Å². The molecule has 1 heterocycles. The van der Waals surface area contributed by atoms with Crippen LogP contribution in [-0.2, 0) is 19.6 Å². The Morgan fingerprint density at radius 1 is 1.36 bits per heavy atom. The first kappa shape index (κ1) is 22.8. The average molecular weight is 476 g/mol. The fraction of sp³-hybridized carbons (Fsp3) is 0.556. The monoisotopic (exact) mass is 475 g/mol. The minimum Gasteiger partial charge on any atom is -0.390 e. The molecule has 1 aliphatic heterocycles. The number of sulfonamides is 1. The van der Waals surface area contributed by atoms with Gasteiger partial charge in [-0.3, -0.25) is 9.59 Å². The number of carbonyl (C=O) groups excluding carboxylic acids is 2. The molecule has 8 nitrogen and oxygen atoms in total. The maximum absolute atomic E-state index is 13.3. The Labute approximate surface area is 173 Å². The van der Waals surface area contributed by atoms with Crippen LogP contribution in [-0.4, -0.2) is 54.9 Å². The number of nitrogens with zero attached hydrogens (tertiary/aromatic N) is 1. The molecule has 3 atom stereocenters. The van der Waals surface area contributed by atoms with Gasteiger partial charge in [0.1, 0.15) is 0 Å². The summed E-state index contributed by atoms with van der Waals surface area (Å²) < 4.78 is 28.1. The van der Waals surface area contributed by atoms with Gasteiger partial charge in [0.25, 0.3) is 10.0 Å². The van der Waals surface area contributed by atoms with Crippen molar-refractivity contribution in [1.82, 2.24) is 9.62 Å². The van der Waals surface area contributed by atoms with Gasteiger partial charge < -0.3 is 16.2 Å². The van der Waals surface area contributed by atoms with Crippen LogP contribution < -0.4 is 11.1 Å². The number of aliphatic hydroxyl groups excluding tert-OH is 1. The number of β-amino-alcohol motifs (C(OH)–C–C–N with tert-alkyl or cyclic N) is 1. The number of aliphatic hydroxyl groups is 1. The van der Waals surface area contributed by atoms with Gasteiger partial charge in [-0.2, -0.15) is 0 Å². The summed E-state index contributed by atoms with van der Waals surface area (Å²) in [7, 11) is -4.17. The lowest BCUT2D eigenvalue weighted by atomic mass is 10.0. The molecule has 156 valence electrons. The summed E-state index contributed by atoms with van der Waals surface area (Å²) in [6.07, 6.45) is -0.0664. The van der Waals surface area contributed by atoms with Crippen molar-refractivity contribution in [1.29, 1.82) is 0 Å². The van der Waals surface area contributed by atoms with E-state index in [1.807, 2.05) is 0 Å². The van der Waals surface area contributed by atoms with E-state index in [4.69, 9.17) is 5.73 Å². The molecular weight excluding hydrogens is 450 g/mol. The molecule has 1 aromatic carbocycles. The molecule has 1 aliphatic rings. The van der Waals surface area contributed by atoms with E-state index in [9.17, 15) is 23.1 Å². The Kier molecular flexibility index (Phi) is 7.99. The summed E-state index contributed by atoms with van der Waals surface area (Å²) in [6, 6.07) is 5.10. The Bertz CT molecular complexity index is 800. The van der Waals surface area contributed by atoms with Crippen molar-refractivity contribution in [2.24, 2.45) is 11.7 Å². The summed E-state index contributed by atoms with van der Waals surface area (Å²) in [5, 5.41) is 13.5. The van der Waals surface area contributed by atoms with Crippen LogP contribution in [0.4, 0.5) is 0 Å². The molecule has 10 heteroatoms. The number of primary amides is 1. The van der Waals surface area contributed by atoms with Gasteiger partial charge in [0, 0.05) is 23.4 Å². The van der Waals surface area contributed by atoms with E-state index in [0.717, 1.165) is 4.31 Å². The first-order valence-corrected chi connectivity index (χ1v) is 11.4. The van der Waals surface area contributed by atoms with Gasteiger partial charge in [0.05, 0.1) is 17.0 Å². The highest BCUT2D eigenvalue weighted by Gasteiger charge is 2.39. The first-order valence-electron chi connectivity index (χ1n) is 9.15. The molecular formula is C18H26BrN3O5S. The number of hydrogen-bond acceptors (Lipinski definition) is 6. The highest BCUT2D eigenvalue weighted by Crippen LogP contribution is 2.26. The van der Waals surface area contributed by atoms with Crippen LogP contribution in [0.1, 0.15) is 32.6 Å². The zero-order chi connectivity index (χ0) is 20.9. The number of carbonyl (C=O) groups is 2. The standard InChI is InChI=1S/C18H26BrN3O5S/c1-12(18(20)25)4-9-17(24)22(15-3-2-10-21-11-16(15)23)28(26,27)14-7-5-13(19)6-8-14/h5-8,12,15-16,21,23H,2-4,9-11H2,1H3,(H2,20,25)/t12?,15?,16-/m0/s1. The number of amides is 2. The zero-order valence-electron chi connectivity index (χ0n) is 15.7. The molecule has 1 saturated heterocycles. The van der Waals surface area contributed by atoms with E-state index in [1.165, 1.54) is 12.1 Å². The molecule has 0 aliphatic carbocycles. The molecule has 0 radical (unpaired) electrons. The van der Waals surface area contributed by atoms with Crippen LogP contribution in [0.5, 0.6) is 0 Å². The van der Waals surface area contributed by atoms with Gasteiger partial charge in [0.15, 0.2) is 0 Å². The second-order valence-corrected chi connectivity index (χ2v) is 9.70. The normalized spacial score (nSPS) is 21.5. The second kappa shape index (κ2) is 9.82. The fourth-order valence-corrected chi connectivity index (χ4v) is 5.03. The molecule has 4 N–H and O–H groups in total. The highest BCUT2D eigenvalue weighted by molar-refractivity contribution is 9.10. The predicted molar refractivity (Wildman–Crippen MR) is 108 cm³/mol. The molecule has 0 saturated carbocycles. The fourth-order valence-electron chi connectivity index (χ4n) is 3.10. The summed E-state index contributed by atoms with van der Waals surface area (Å²) in [4.78, 5) is 24.2. The molecule has 0 spiro atoms. The number of nitrogens with two attached hydrogens (primary N) is 1. The molecule has 1 fully saturated rings. The Balaban J connectivity index is 2.38.